The highest BCUT2D eigenvalue weighted by atomic mass is 35.5. The Kier molecular flexibility index (Phi) is 5.79. The summed E-state index contributed by atoms with van der Waals surface area (Å²) in [6.45, 7) is 0.0697. The lowest BCUT2D eigenvalue weighted by Gasteiger charge is -2.14. The van der Waals surface area contributed by atoms with Crippen molar-refractivity contribution in [3.05, 3.63) is 76.3 Å². The highest BCUT2D eigenvalue weighted by Crippen LogP contribution is 2.37. The average molecular weight is 480 g/mol. The van der Waals surface area contributed by atoms with Crippen molar-refractivity contribution in [3.8, 4) is 22.6 Å². The van der Waals surface area contributed by atoms with Gasteiger partial charge in [-0.3, -0.25) is 4.79 Å². The van der Waals surface area contributed by atoms with Crippen molar-refractivity contribution in [2.75, 3.05) is 13.2 Å². The summed E-state index contributed by atoms with van der Waals surface area (Å²) in [5, 5.41) is 12.4. The number of hydrogen-bond acceptors (Lipinski definition) is 5. The topological polar surface area (TPSA) is 92.7 Å². The molecule has 1 aliphatic rings. The molecule has 1 heterocycles. The number of amides is 1. The van der Waals surface area contributed by atoms with Gasteiger partial charge in [0.25, 0.3) is 5.91 Å². The van der Waals surface area contributed by atoms with E-state index in [1.54, 1.807) is 24.3 Å². The largest absolute Gasteiger partial charge is 0.505 e. The van der Waals surface area contributed by atoms with Crippen LogP contribution in [0.3, 0.4) is 0 Å². The maximum atomic E-state index is 14.7. The van der Waals surface area contributed by atoms with Crippen LogP contribution in [0.25, 0.3) is 11.1 Å². The van der Waals surface area contributed by atoms with Gasteiger partial charge in [-0.1, -0.05) is 29.8 Å². The van der Waals surface area contributed by atoms with Gasteiger partial charge in [0.1, 0.15) is 28.9 Å². The molecule has 4 rings (SSSR count). The van der Waals surface area contributed by atoms with Gasteiger partial charge in [-0.05, 0) is 24.3 Å². The van der Waals surface area contributed by atoms with E-state index in [2.05, 4.69) is 5.32 Å². The number of carbonyl (C=O) groups is 1. The lowest BCUT2D eigenvalue weighted by Crippen LogP contribution is -2.28. The molecule has 0 saturated carbocycles. The van der Waals surface area contributed by atoms with Gasteiger partial charge in [-0.25, -0.2) is 17.2 Å². The molecular weight excluding hydrogens is 464 g/mol. The number of nitrogens with one attached hydrogen (secondary N) is 1. The molecule has 166 valence electrons. The highest BCUT2D eigenvalue weighted by molar-refractivity contribution is 7.90. The Hall–Kier alpha value is -3.17. The summed E-state index contributed by atoms with van der Waals surface area (Å²) in [6.07, 6.45) is 0. The predicted molar refractivity (Wildman–Crippen MR) is 114 cm³/mol. The first kappa shape index (κ1) is 22.0. The Morgan fingerprint density at radius 1 is 1.03 bits per heavy atom. The Bertz CT molecular complexity index is 1340. The van der Waals surface area contributed by atoms with E-state index in [1.165, 1.54) is 0 Å². The number of fused-ring (bicyclic) bond motifs is 6. The van der Waals surface area contributed by atoms with Crippen molar-refractivity contribution in [3.63, 3.8) is 0 Å². The van der Waals surface area contributed by atoms with Gasteiger partial charge in [0, 0.05) is 28.3 Å². The van der Waals surface area contributed by atoms with Crippen molar-refractivity contribution in [2.24, 2.45) is 0 Å². The first-order valence-electron chi connectivity index (χ1n) is 9.41. The van der Waals surface area contributed by atoms with Crippen molar-refractivity contribution >= 4 is 27.3 Å². The summed E-state index contributed by atoms with van der Waals surface area (Å²) in [6, 6.07) is 10.2. The molecule has 32 heavy (non-hydrogen) atoms. The molecule has 0 aromatic heterocycles. The number of aromatic hydroxyl groups is 1. The van der Waals surface area contributed by atoms with Crippen LogP contribution in [0.4, 0.5) is 8.78 Å². The number of phenols is 1. The number of sulfone groups is 1. The van der Waals surface area contributed by atoms with Crippen LogP contribution < -0.4 is 10.1 Å². The fraction of sp³-hybridized carbons (Fsp3) is 0.136. The third-order valence-corrected chi connectivity index (χ3v) is 6.89. The van der Waals surface area contributed by atoms with E-state index in [-0.39, 0.29) is 46.2 Å². The smallest absolute Gasteiger partial charge is 0.251 e. The van der Waals surface area contributed by atoms with Crippen LogP contribution in [0.1, 0.15) is 15.9 Å². The third kappa shape index (κ3) is 4.13. The molecule has 1 aliphatic heterocycles. The minimum Gasteiger partial charge on any atom is -0.505 e. The van der Waals surface area contributed by atoms with E-state index in [4.69, 9.17) is 16.3 Å². The minimum atomic E-state index is -4.37. The van der Waals surface area contributed by atoms with Gasteiger partial charge in [0.2, 0.25) is 0 Å². The molecule has 2 N–H and O–H groups in total. The first-order chi connectivity index (χ1) is 15.2. The lowest BCUT2D eigenvalue weighted by atomic mass is 10.0. The monoisotopic (exact) mass is 479 g/mol. The first-order valence-corrected chi connectivity index (χ1v) is 11.4. The van der Waals surface area contributed by atoms with Gasteiger partial charge in [-0.15, -0.1) is 0 Å². The van der Waals surface area contributed by atoms with E-state index in [1.807, 2.05) is 0 Å². The van der Waals surface area contributed by atoms with Crippen molar-refractivity contribution < 1.29 is 31.8 Å². The lowest BCUT2D eigenvalue weighted by molar-refractivity contribution is 0.0947. The van der Waals surface area contributed by atoms with Crippen molar-refractivity contribution in [1.29, 1.82) is 0 Å². The molecule has 0 aliphatic carbocycles. The molecular formula is C22H16ClF2NO5S. The second-order valence-corrected chi connectivity index (χ2v) is 9.45. The molecule has 0 fully saturated rings. The standard InChI is InChI=1S/C22H16ClF2NO5S/c23-16-8-12-9-20(21(16)27)32(29,30)11-13-7-15(18(25)10-17(13)24)14-3-1-2-4-19(14)31-6-5-26-22(12)28/h1-4,7-10,27H,5-6,11H2,(H,26,28). The summed E-state index contributed by atoms with van der Waals surface area (Å²) >= 11 is 5.94. The Labute approximate surface area is 187 Å². The van der Waals surface area contributed by atoms with Crippen LogP contribution in [0.5, 0.6) is 11.5 Å². The number of phenolic OH excluding ortho intramolecular Hbond substituents is 1. The number of carbonyl (C=O) groups excluding carboxylic acids is 1. The Balaban J connectivity index is 1.93. The molecule has 3 aromatic carbocycles. The minimum absolute atomic E-state index is 0.0232. The molecule has 0 saturated heterocycles. The second-order valence-electron chi connectivity index (χ2n) is 7.09. The summed E-state index contributed by atoms with van der Waals surface area (Å²) in [5.74, 6) is -4.00. The van der Waals surface area contributed by atoms with Crippen LogP contribution in [-0.4, -0.2) is 32.6 Å². The molecule has 10 heteroatoms. The van der Waals surface area contributed by atoms with Gasteiger partial charge >= 0.3 is 0 Å². The fourth-order valence-corrected chi connectivity index (χ4v) is 5.15. The Morgan fingerprint density at radius 3 is 2.56 bits per heavy atom. The molecule has 0 radical (unpaired) electrons. The second kappa shape index (κ2) is 8.40. The molecule has 3 aromatic rings. The number of halogens is 3. The molecule has 6 nitrogen and oxygen atoms in total. The average Bonchev–Trinajstić information content (AvgIpc) is 2.74. The highest BCUT2D eigenvalue weighted by Gasteiger charge is 2.26. The number of para-hydroxylation sites is 1. The maximum absolute atomic E-state index is 14.7. The summed E-state index contributed by atoms with van der Waals surface area (Å²) in [5.41, 5.74) is -0.197. The van der Waals surface area contributed by atoms with E-state index >= 15 is 0 Å². The number of ether oxygens (including phenoxy) is 1. The van der Waals surface area contributed by atoms with E-state index in [0.717, 1.165) is 18.2 Å². The molecule has 0 unspecified atom stereocenters. The van der Waals surface area contributed by atoms with Crippen molar-refractivity contribution in [1.82, 2.24) is 5.32 Å². The number of benzene rings is 3. The van der Waals surface area contributed by atoms with Crippen LogP contribution >= 0.6 is 11.6 Å². The molecule has 0 spiro atoms. The van der Waals surface area contributed by atoms with Crippen molar-refractivity contribution in [2.45, 2.75) is 10.6 Å². The van der Waals surface area contributed by atoms with E-state index in [0.29, 0.717) is 6.07 Å². The normalized spacial score (nSPS) is 15.5. The van der Waals surface area contributed by atoms with Gasteiger partial charge in [0.15, 0.2) is 15.6 Å². The van der Waals surface area contributed by atoms with Crippen LogP contribution in [0, 0.1) is 11.6 Å². The van der Waals surface area contributed by atoms with Crippen LogP contribution in [0.2, 0.25) is 5.02 Å². The number of hydrogen-bond donors (Lipinski definition) is 2. The zero-order chi connectivity index (χ0) is 23.0. The van der Waals surface area contributed by atoms with Gasteiger partial charge < -0.3 is 15.2 Å². The predicted octanol–water partition coefficient (Wildman–Crippen LogP) is 4.09. The van der Waals surface area contributed by atoms with Gasteiger partial charge in [-0.2, -0.15) is 0 Å². The molecule has 0 atom stereocenters. The van der Waals surface area contributed by atoms with Crippen LogP contribution in [0.15, 0.2) is 53.4 Å². The zero-order valence-corrected chi connectivity index (χ0v) is 17.9. The Morgan fingerprint density at radius 2 is 1.78 bits per heavy atom. The summed E-state index contributed by atoms with van der Waals surface area (Å²) < 4.78 is 61.0. The molecule has 4 bridgehead atoms. The zero-order valence-electron chi connectivity index (χ0n) is 16.4. The van der Waals surface area contributed by atoms with E-state index < -0.39 is 43.8 Å². The third-order valence-electron chi connectivity index (χ3n) is 4.93. The molecule has 1 amide bonds. The number of rotatable bonds is 0. The summed E-state index contributed by atoms with van der Waals surface area (Å²) in [7, 11) is -4.37. The van der Waals surface area contributed by atoms with E-state index in [9.17, 15) is 27.1 Å². The maximum Gasteiger partial charge on any atom is 0.251 e. The fourth-order valence-electron chi connectivity index (χ4n) is 3.38. The van der Waals surface area contributed by atoms with Crippen LogP contribution in [-0.2, 0) is 15.6 Å². The van der Waals surface area contributed by atoms with Gasteiger partial charge in [0.05, 0.1) is 17.3 Å². The SMILES string of the molecule is O=C1NCCOc2ccccc2-c2cc(c(F)cc2F)CS(=O)(=O)c2cc1cc(Cl)c2O. The quantitative estimate of drug-likeness (QED) is 0.506. The summed E-state index contributed by atoms with van der Waals surface area (Å²) in [4.78, 5) is 11.8.